The molecule has 1 aromatic rings. The molecule has 1 amide bonds. The Morgan fingerprint density at radius 3 is 2.18 bits per heavy atom. The van der Waals surface area contributed by atoms with E-state index in [1.165, 1.54) is 0 Å². The van der Waals surface area contributed by atoms with Gasteiger partial charge in [0.1, 0.15) is 0 Å². The fourth-order valence-corrected chi connectivity index (χ4v) is 2.18. The Morgan fingerprint density at radius 2 is 1.68 bits per heavy atom. The molecule has 0 saturated heterocycles. The van der Waals surface area contributed by atoms with Crippen molar-refractivity contribution in [1.82, 2.24) is 10.2 Å². The lowest BCUT2D eigenvalue weighted by Gasteiger charge is -2.28. The van der Waals surface area contributed by atoms with E-state index >= 15 is 0 Å². The Hall–Kier alpha value is -1.84. The van der Waals surface area contributed by atoms with Gasteiger partial charge in [0.25, 0.3) is 5.91 Å². The second kappa shape index (κ2) is 7.43. The number of hydrogen-bond acceptors (Lipinski definition) is 2. The molecule has 0 aliphatic rings. The third-order valence-corrected chi connectivity index (χ3v) is 3.16. The number of hydrogen-bond donors (Lipinski definition) is 1. The molecule has 22 heavy (non-hydrogen) atoms. The lowest BCUT2D eigenvalue weighted by molar-refractivity contribution is 0.0920. The molecule has 0 atom stereocenters. The largest absolute Gasteiger partial charge is 0.358 e. The molecule has 0 bridgehead atoms. The van der Waals surface area contributed by atoms with Gasteiger partial charge in [-0.25, -0.2) is 4.99 Å². The molecule has 1 aromatic carbocycles. The van der Waals surface area contributed by atoms with Crippen molar-refractivity contribution in [1.29, 1.82) is 0 Å². The molecular formula is C18H29N3O. The highest BCUT2D eigenvalue weighted by molar-refractivity contribution is 5.99. The third kappa shape index (κ3) is 5.51. The maximum atomic E-state index is 12.4. The van der Waals surface area contributed by atoms with Gasteiger partial charge in [0.15, 0.2) is 0 Å². The summed E-state index contributed by atoms with van der Waals surface area (Å²) in [7, 11) is 0. The van der Waals surface area contributed by atoms with Crippen LogP contribution in [0.25, 0.3) is 0 Å². The van der Waals surface area contributed by atoms with Gasteiger partial charge >= 0.3 is 0 Å². The van der Waals surface area contributed by atoms with Crippen molar-refractivity contribution in [2.24, 2.45) is 4.99 Å². The third-order valence-electron chi connectivity index (χ3n) is 3.16. The van der Waals surface area contributed by atoms with E-state index in [4.69, 9.17) is 0 Å². The Morgan fingerprint density at radius 1 is 1.14 bits per heavy atom. The highest BCUT2D eigenvalue weighted by Crippen LogP contribution is 2.19. The Kier molecular flexibility index (Phi) is 6.15. The number of nitrogens with one attached hydrogen (secondary N) is 1. The minimum atomic E-state index is -0.268. The van der Waals surface area contributed by atoms with Crippen LogP contribution in [0.5, 0.6) is 0 Å². The minimum Gasteiger partial charge on any atom is -0.358 e. The molecule has 4 heteroatoms. The van der Waals surface area contributed by atoms with E-state index in [1.807, 2.05) is 51.4 Å². The number of para-hydroxylation sites is 1. The summed E-state index contributed by atoms with van der Waals surface area (Å²) in [4.78, 5) is 19.1. The first-order valence-electron chi connectivity index (χ1n) is 7.85. The van der Waals surface area contributed by atoms with E-state index in [-0.39, 0.29) is 11.4 Å². The topological polar surface area (TPSA) is 44.7 Å². The van der Waals surface area contributed by atoms with Crippen molar-refractivity contribution >= 4 is 17.9 Å². The zero-order valence-electron chi connectivity index (χ0n) is 14.8. The smallest absolute Gasteiger partial charge is 0.253 e. The number of aliphatic imine (C=N–C) groups is 1. The van der Waals surface area contributed by atoms with Crippen LogP contribution in [-0.4, -0.2) is 34.8 Å². The predicted molar refractivity (Wildman–Crippen MR) is 93.9 cm³/mol. The highest BCUT2D eigenvalue weighted by Gasteiger charge is 2.17. The molecule has 0 aliphatic carbocycles. The molecule has 4 nitrogen and oxygen atoms in total. The lowest BCUT2D eigenvalue weighted by atomic mass is 10.1. The molecule has 0 radical (unpaired) electrons. The molecule has 0 fully saturated rings. The fraction of sp³-hybridized carbons (Fsp3) is 0.556. The molecule has 0 saturated carbocycles. The van der Waals surface area contributed by atoms with Crippen molar-refractivity contribution in [2.45, 2.75) is 66.1 Å². The van der Waals surface area contributed by atoms with E-state index in [0.717, 1.165) is 0 Å². The van der Waals surface area contributed by atoms with Gasteiger partial charge in [-0.05, 0) is 60.6 Å². The summed E-state index contributed by atoms with van der Waals surface area (Å²) in [5.74, 6) is -0.0964. The first-order valence-corrected chi connectivity index (χ1v) is 7.85. The zero-order chi connectivity index (χ0) is 16.9. The van der Waals surface area contributed by atoms with Gasteiger partial charge in [-0.3, -0.25) is 4.79 Å². The summed E-state index contributed by atoms with van der Waals surface area (Å²) in [6.45, 7) is 14.4. The van der Waals surface area contributed by atoms with E-state index < -0.39 is 0 Å². The fourth-order valence-electron chi connectivity index (χ4n) is 2.18. The second-order valence-corrected chi connectivity index (χ2v) is 7.10. The number of rotatable bonds is 5. The van der Waals surface area contributed by atoms with Crippen LogP contribution in [0.3, 0.4) is 0 Å². The highest BCUT2D eigenvalue weighted by atomic mass is 16.1. The molecule has 0 unspecified atom stereocenters. The van der Waals surface area contributed by atoms with Crippen molar-refractivity contribution in [2.75, 3.05) is 0 Å². The summed E-state index contributed by atoms with van der Waals surface area (Å²) in [6, 6.07) is 8.16. The van der Waals surface area contributed by atoms with Gasteiger partial charge in [0.05, 0.1) is 17.6 Å². The molecule has 122 valence electrons. The average Bonchev–Trinajstić information content (AvgIpc) is 2.36. The normalized spacial score (nSPS) is 12.2. The van der Waals surface area contributed by atoms with Crippen LogP contribution in [0.4, 0.5) is 5.69 Å². The Balaban J connectivity index is 3.04. The molecule has 0 spiro atoms. The summed E-state index contributed by atoms with van der Waals surface area (Å²) in [6.07, 6.45) is 1.83. The summed E-state index contributed by atoms with van der Waals surface area (Å²) in [5.41, 5.74) is 1.02. The number of carbonyl (C=O) groups excluding carboxylic acids is 1. The number of amides is 1. The van der Waals surface area contributed by atoms with Gasteiger partial charge in [-0.15, -0.1) is 0 Å². The van der Waals surface area contributed by atoms with Crippen LogP contribution in [0.2, 0.25) is 0 Å². The standard InChI is InChI=1S/C18H29N3O/c1-13(2)21(14(3)4)12-19-16-11-9-8-10-15(16)17(22)20-18(5,6)7/h8-14H,1-7H3,(H,20,22). The van der Waals surface area contributed by atoms with Crippen LogP contribution in [0.1, 0.15) is 58.8 Å². The van der Waals surface area contributed by atoms with Gasteiger partial charge in [0.2, 0.25) is 0 Å². The van der Waals surface area contributed by atoms with Crippen LogP contribution in [0.15, 0.2) is 29.3 Å². The lowest BCUT2D eigenvalue weighted by Crippen LogP contribution is -2.40. The van der Waals surface area contributed by atoms with Crippen LogP contribution < -0.4 is 5.32 Å². The van der Waals surface area contributed by atoms with Crippen molar-refractivity contribution < 1.29 is 4.79 Å². The van der Waals surface area contributed by atoms with E-state index in [2.05, 4.69) is 42.9 Å². The minimum absolute atomic E-state index is 0.0964. The predicted octanol–water partition coefficient (Wildman–Crippen LogP) is 3.99. The quantitative estimate of drug-likeness (QED) is 0.660. The molecule has 0 aliphatic heterocycles. The maximum absolute atomic E-state index is 12.4. The summed E-state index contributed by atoms with van der Waals surface area (Å²) < 4.78 is 0. The zero-order valence-corrected chi connectivity index (χ0v) is 14.8. The molecule has 0 aromatic heterocycles. The Bertz CT molecular complexity index is 519. The van der Waals surface area contributed by atoms with Gasteiger partial charge < -0.3 is 10.2 Å². The van der Waals surface area contributed by atoms with Crippen molar-refractivity contribution in [3.05, 3.63) is 29.8 Å². The van der Waals surface area contributed by atoms with Crippen LogP contribution in [0, 0.1) is 0 Å². The second-order valence-electron chi connectivity index (χ2n) is 7.10. The Labute approximate surface area is 134 Å². The molecule has 1 rings (SSSR count). The molecular weight excluding hydrogens is 274 g/mol. The number of benzene rings is 1. The monoisotopic (exact) mass is 303 g/mol. The SMILES string of the molecule is CC(C)N(C=Nc1ccccc1C(=O)NC(C)(C)C)C(C)C. The van der Waals surface area contributed by atoms with Gasteiger partial charge in [-0.2, -0.15) is 0 Å². The van der Waals surface area contributed by atoms with Gasteiger partial charge in [0, 0.05) is 17.6 Å². The number of carbonyl (C=O) groups is 1. The first kappa shape index (κ1) is 18.2. The van der Waals surface area contributed by atoms with E-state index in [9.17, 15) is 4.79 Å². The van der Waals surface area contributed by atoms with Gasteiger partial charge in [-0.1, -0.05) is 12.1 Å². The van der Waals surface area contributed by atoms with E-state index in [1.54, 1.807) is 0 Å². The van der Waals surface area contributed by atoms with Crippen molar-refractivity contribution in [3.63, 3.8) is 0 Å². The summed E-state index contributed by atoms with van der Waals surface area (Å²) in [5, 5.41) is 2.98. The van der Waals surface area contributed by atoms with Crippen LogP contribution >= 0.6 is 0 Å². The van der Waals surface area contributed by atoms with E-state index in [0.29, 0.717) is 23.3 Å². The number of nitrogens with zero attached hydrogens (tertiary/aromatic N) is 2. The maximum Gasteiger partial charge on any atom is 0.253 e. The summed E-state index contributed by atoms with van der Waals surface area (Å²) >= 11 is 0. The molecule has 1 N–H and O–H groups in total. The van der Waals surface area contributed by atoms with Crippen molar-refractivity contribution in [3.8, 4) is 0 Å². The average molecular weight is 303 g/mol. The molecule has 0 heterocycles. The first-order chi connectivity index (χ1) is 10.1. The van der Waals surface area contributed by atoms with Crippen LogP contribution in [-0.2, 0) is 0 Å².